The largest absolute Gasteiger partial charge is 0.466 e. The summed E-state index contributed by atoms with van der Waals surface area (Å²) >= 11 is 0. The van der Waals surface area contributed by atoms with Crippen molar-refractivity contribution in [2.75, 3.05) is 26.8 Å². The number of hydrogen-bond acceptors (Lipinski definition) is 6. The number of guanidine groups is 1. The monoisotopic (exact) mass is 366 g/mol. The van der Waals surface area contributed by atoms with Crippen molar-refractivity contribution in [2.45, 2.75) is 58.7 Å². The van der Waals surface area contributed by atoms with Crippen LogP contribution in [0.15, 0.2) is 4.99 Å². The molecule has 1 atom stereocenters. The van der Waals surface area contributed by atoms with Gasteiger partial charge in [0.2, 0.25) is 0 Å². The molecule has 146 valence electrons. The maximum atomic E-state index is 11.4. The van der Waals surface area contributed by atoms with Gasteiger partial charge < -0.3 is 20.1 Å². The highest BCUT2D eigenvalue weighted by molar-refractivity contribution is 5.80. The van der Waals surface area contributed by atoms with Crippen molar-refractivity contribution in [2.24, 2.45) is 4.99 Å². The summed E-state index contributed by atoms with van der Waals surface area (Å²) in [5, 5.41) is 11.2. The molecular weight excluding hydrogens is 336 g/mol. The van der Waals surface area contributed by atoms with Crippen LogP contribution in [0.5, 0.6) is 0 Å². The Bertz CT molecular complexity index is 601. The summed E-state index contributed by atoms with van der Waals surface area (Å²) < 4.78 is 12.0. The fraction of sp³-hybridized carbons (Fsp3) is 0.765. The highest BCUT2D eigenvalue weighted by atomic mass is 16.5. The van der Waals surface area contributed by atoms with Gasteiger partial charge in [-0.2, -0.15) is 5.10 Å². The predicted molar refractivity (Wildman–Crippen MR) is 97.8 cm³/mol. The van der Waals surface area contributed by atoms with Gasteiger partial charge in [0.05, 0.1) is 13.2 Å². The molecule has 2 heterocycles. The first-order chi connectivity index (χ1) is 12.7. The van der Waals surface area contributed by atoms with Gasteiger partial charge in [-0.25, -0.2) is 9.67 Å². The number of carbonyl (C=O) groups excluding carboxylic acids is 1. The maximum Gasteiger partial charge on any atom is 0.305 e. The molecule has 9 heteroatoms. The number of carbonyl (C=O) groups is 1. The van der Waals surface area contributed by atoms with Crippen LogP contribution in [0.25, 0.3) is 0 Å². The van der Waals surface area contributed by atoms with Crippen molar-refractivity contribution in [3.05, 3.63) is 11.6 Å². The van der Waals surface area contributed by atoms with Gasteiger partial charge >= 0.3 is 5.97 Å². The summed E-state index contributed by atoms with van der Waals surface area (Å²) in [6.45, 7) is 6.80. The molecule has 1 aliphatic rings. The zero-order valence-corrected chi connectivity index (χ0v) is 16.0. The molecular formula is C17H30N6O3. The molecule has 1 unspecified atom stereocenters. The van der Waals surface area contributed by atoms with Crippen LogP contribution >= 0.6 is 0 Å². The van der Waals surface area contributed by atoms with Crippen molar-refractivity contribution in [3.8, 4) is 0 Å². The zero-order chi connectivity index (χ0) is 18.8. The zero-order valence-electron chi connectivity index (χ0n) is 16.0. The first kappa shape index (κ1) is 20.2. The topological polar surface area (TPSA) is 103 Å². The number of nitrogens with zero attached hydrogens (tertiary/aromatic N) is 4. The Hall–Kier alpha value is -2.16. The molecule has 26 heavy (non-hydrogen) atoms. The summed E-state index contributed by atoms with van der Waals surface area (Å²) in [5.74, 6) is 2.33. The Morgan fingerprint density at radius 1 is 1.42 bits per heavy atom. The number of hydrogen-bond donors (Lipinski definition) is 2. The number of aromatic nitrogens is 3. The minimum Gasteiger partial charge on any atom is -0.466 e. The Morgan fingerprint density at radius 2 is 2.27 bits per heavy atom. The molecule has 0 aromatic carbocycles. The quantitative estimate of drug-likeness (QED) is 0.286. The van der Waals surface area contributed by atoms with Gasteiger partial charge in [0.25, 0.3) is 0 Å². The van der Waals surface area contributed by atoms with Crippen LogP contribution < -0.4 is 10.6 Å². The van der Waals surface area contributed by atoms with Crippen LogP contribution in [0.2, 0.25) is 0 Å². The van der Waals surface area contributed by atoms with Gasteiger partial charge in [-0.1, -0.05) is 0 Å². The van der Waals surface area contributed by atoms with Crippen LogP contribution in [0.1, 0.15) is 44.8 Å². The number of nitrogens with one attached hydrogen (secondary N) is 2. The lowest BCUT2D eigenvalue weighted by Crippen LogP contribution is -2.47. The minimum atomic E-state index is -0.168. The molecule has 1 aromatic heterocycles. The Balaban J connectivity index is 1.84. The molecule has 0 radical (unpaired) electrons. The van der Waals surface area contributed by atoms with Gasteiger partial charge in [-0.3, -0.25) is 9.79 Å². The van der Waals surface area contributed by atoms with Crippen molar-refractivity contribution in [3.63, 3.8) is 0 Å². The molecule has 0 saturated carbocycles. The average molecular weight is 366 g/mol. The van der Waals surface area contributed by atoms with Gasteiger partial charge in [0.15, 0.2) is 11.8 Å². The smallest absolute Gasteiger partial charge is 0.305 e. The molecule has 2 N–H and O–H groups in total. The SMILES string of the molecule is CCNC(=NCCCC(=O)OCC)NC1CCc2nc(COC)nn2C1. The van der Waals surface area contributed by atoms with E-state index in [-0.39, 0.29) is 12.0 Å². The number of aryl methyl sites for hydroxylation is 1. The van der Waals surface area contributed by atoms with E-state index in [1.807, 2.05) is 18.5 Å². The van der Waals surface area contributed by atoms with Crippen molar-refractivity contribution >= 4 is 11.9 Å². The van der Waals surface area contributed by atoms with E-state index in [0.717, 1.165) is 43.5 Å². The average Bonchev–Trinajstić information content (AvgIpc) is 3.01. The van der Waals surface area contributed by atoms with Gasteiger partial charge in [-0.15, -0.1) is 0 Å². The highest BCUT2D eigenvalue weighted by Crippen LogP contribution is 2.13. The molecule has 0 spiro atoms. The van der Waals surface area contributed by atoms with E-state index < -0.39 is 0 Å². The molecule has 0 amide bonds. The summed E-state index contributed by atoms with van der Waals surface area (Å²) in [7, 11) is 1.64. The van der Waals surface area contributed by atoms with Crippen molar-refractivity contribution in [1.82, 2.24) is 25.4 Å². The molecule has 0 bridgehead atoms. The van der Waals surface area contributed by atoms with E-state index in [9.17, 15) is 4.79 Å². The van der Waals surface area contributed by atoms with E-state index >= 15 is 0 Å². The van der Waals surface area contributed by atoms with Crippen LogP contribution in [-0.2, 0) is 33.8 Å². The molecule has 0 aliphatic carbocycles. The summed E-state index contributed by atoms with van der Waals surface area (Å²) in [6.07, 6.45) is 2.91. The number of esters is 1. The molecule has 1 aromatic rings. The van der Waals surface area contributed by atoms with Crippen LogP contribution in [0.3, 0.4) is 0 Å². The second-order valence-electron chi connectivity index (χ2n) is 6.11. The first-order valence-electron chi connectivity index (χ1n) is 9.28. The highest BCUT2D eigenvalue weighted by Gasteiger charge is 2.22. The summed E-state index contributed by atoms with van der Waals surface area (Å²) in [4.78, 5) is 20.4. The third kappa shape index (κ3) is 6.29. The molecule has 9 nitrogen and oxygen atoms in total. The van der Waals surface area contributed by atoms with Gasteiger partial charge in [-0.05, 0) is 26.7 Å². The maximum absolute atomic E-state index is 11.4. The summed E-state index contributed by atoms with van der Waals surface area (Å²) in [5.41, 5.74) is 0. The third-order valence-corrected chi connectivity index (χ3v) is 3.97. The lowest BCUT2D eigenvalue weighted by atomic mass is 10.1. The van der Waals surface area contributed by atoms with E-state index in [4.69, 9.17) is 9.47 Å². The van der Waals surface area contributed by atoms with Gasteiger partial charge in [0.1, 0.15) is 12.4 Å². The van der Waals surface area contributed by atoms with E-state index in [2.05, 4.69) is 25.7 Å². The van der Waals surface area contributed by atoms with Gasteiger partial charge in [0, 0.05) is 39.1 Å². The third-order valence-electron chi connectivity index (χ3n) is 3.97. The number of methoxy groups -OCH3 is 1. The normalized spacial score (nSPS) is 16.9. The van der Waals surface area contributed by atoms with E-state index in [1.165, 1.54) is 0 Å². The van der Waals surface area contributed by atoms with Crippen LogP contribution in [0.4, 0.5) is 0 Å². The second kappa shape index (κ2) is 10.7. The molecule has 0 fully saturated rings. The lowest BCUT2D eigenvalue weighted by Gasteiger charge is -2.25. The van der Waals surface area contributed by atoms with Crippen molar-refractivity contribution < 1.29 is 14.3 Å². The number of rotatable bonds is 9. The van der Waals surface area contributed by atoms with E-state index in [1.54, 1.807) is 7.11 Å². The van der Waals surface area contributed by atoms with Crippen LogP contribution in [0, 0.1) is 0 Å². The Kier molecular flexibility index (Phi) is 8.33. The van der Waals surface area contributed by atoms with Crippen LogP contribution in [-0.4, -0.2) is 59.5 Å². The molecule has 2 rings (SSSR count). The molecule has 0 saturated heterocycles. The Morgan fingerprint density at radius 3 is 3.00 bits per heavy atom. The summed E-state index contributed by atoms with van der Waals surface area (Å²) in [6, 6.07) is 0.238. The second-order valence-corrected chi connectivity index (χ2v) is 6.11. The van der Waals surface area contributed by atoms with E-state index in [0.29, 0.717) is 32.6 Å². The number of aliphatic imine (C=N–C) groups is 1. The molecule has 1 aliphatic heterocycles. The standard InChI is InChI=1S/C17H30N6O3/c1-4-18-17(19-10-6-7-16(24)26-5-2)20-13-8-9-15-21-14(12-25-3)22-23(15)11-13/h13H,4-12H2,1-3H3,(H2,18,19,20). The number of ether oxygens (including phenoxy) is 2. The van der Waals surface area contributed by atoms with Crippen molar-refractivity contribution in [1.29, 1.82) is 0 Å². The fourth-order valence-corrected chi connectivity index (χ4v) is 2.83. The minimum absolute atomic E-state index is 0.168. The Labute approximate surface area is 154 Å². The first-order valence-corrected chi connectivity index (χ1v) is 9.28. The number of fused-ring (bicyclic) bond motifs is 1. The predicted octanol–water partition coefficient (Wildman–Crippen LogP) is 0.638. The fourth-order valence-electron chi connectivity index (χ4n) is 2.83. The lowest BCUT2D eigenvalue weighted by molar-refractivity contribution is -0.143.